The number of para-hydroxylation sites is 1. The van der Waals surface area contributed by atoms with Gasteiger partial charge in [0, 0.05) is 31.7 Å². The van der Waals surface area contributed by atoms with Crippen molar-refractivity contribution in [2.24, 2.45) is 10.7 Å². The molecule has 1 saturated heterocycles. The molecule has 8 heteroatoms. The number of nitrogens with one attached hydrogen (secondary N) is 1. The third-order valence-corrected chi connectivity index (χ3v) is 5.01. The molecule has 2 rings (SSSR count). The third kappa shape index (κ3) is 10.5. The summed E-state index contributed by atoms with van der Waals surface area (Å²) in [6.45, 7) is 14.2. The van der Waals surface area contributed by atoms with Crippen molar-refractivity contribution in [3.8, 4) is 5.75 Å². The molecule has 0 radical (unpaired) electrons. The molecule has 0 aliphatic carbocycles. The fraction of sp³-hybridized carbons (Fsp3) is 0.667. The van der Waals surface area contributed by atoms with E-state index in [1.165, 1.54) is 0 Å². The summed E-state index contributed by atoms with van der Waals surface area (Å²) in [5, 5.41) is 3.21. The van der Waals surface area contributed by atoms with Crippen LogP contribution in [0.4, 0.5) is 0 Å². The second-order valence-corrected chi connectivity index (χ2v) is 6.92. The molecule has 0 unspecified atom stereocenters. The van der Waals surface area contributed by atoms with Crippen molar-refractivity contribution in [3.05, 3.63) is 29.8 Å². The van der Waals surface area contributed by atoms with Crippen LogP contribution in [0, 0.1) is 0 Å². The van der Waals surface area contributed by atoms with Crippen molar-refractivity contribution in [2.45, 2.75) is 26.8 Å². The Morgan fingerprint density at radius 3 is 2.69 bits per heavy atom. The smallest absolute Gasteiger partial charge is 0.188 e. The predicted molar refractivity (Wildman–Crippen MR) is 130 cm³/mol. The average molecular weight is 519 g/mol. The molecule has 0 aromatic heterocycles. The van der Waals surface area contributed by atoms with E-state index in [0.29, 0.717) is 19.1 Å². The molecule has 0 atom stereocenters. The summed E-state index contributed by atoms with van der Waals surface area (Å²) in [5.41, 5.74) is 7.08. The Balaban J connectivity index is 0.00000420. The first kappa shape index (κ1) is 25.9. The topological polar surface area (TPSA) is 75.3 Å². The Labute approximate surface area is 193 Å². The lowest BCUT2D eigenvalue weighted by Crippen LogP contribution is -2.39. The Morgan fingerprint density at radius 2 is 1.97 bits per heavy atom. The number of hydrogen-bond donors (Lipinski definition) is 2. The number of halogens is 1. The molecule has 0 amide bonds. The number of morpholine rings is 1. The van der Waals surface area contributed by atoms with Crippen LogP contribution in [0.25, 0.3) is 0 Å². The maximum atomic E-state index is 6.02. The lowest BCUT2D eigenvalue weighted by Gasteiger charge is -2.26. The molecule has 1 heterocycles. The van der Waals surface area contributed by atoms with Crippen molar-refractivity contribution in [2.75, 3.05) is 65.6 Å². The molecule has 3 N–H and O–H groups in total. The molecule has 7 nitrogen and oxygen atoms in total. The van der Waals surface area contributed by atoms with Gasteiger partial charge < -0.3 is 25.4 Å². The molecule has 0 saturated carbocycles. The SMILES string of the molecule is CCN(CC)CCOc1ccccc1CN=C(N)NCCCN1CCOCC1.I. The molecular formula is C21H38IN5O2. The molecule has 29 heavy (non-hydrogen) atoms. The fourth-order valence-corrected chi connectivity index (χ4v) is 3.17. The minimum Gasteiger partial charge on any atom is -0.492 e. The van der Waals surface area contributed by atoms with Crippen LogP contribution in [0.15, 0.2) is 29.3 Å². The molecule has 0 spiro atoms. The van der Waals surface area contributed by atoms with E-state index in [0.717, 1.165) is 76.8 Å². The quantitative estimate of drug-likeness (QED) is 0.191. The third-order valence-electron chi connectivity index (χ3n) is 5.01. The number of likely N-dealkylation sites (N-methyl/N-ethyl adjacent to an activating group) is 1. The molecule has 1 fully saturated rings. The second-order valence-electron chi connectivity index (χ2n) is 6.92. The Hall–Kier alpha value is -1.10. The zero-order chi connectivity index (χ0) is 20.0. The Bertz CT molecular complexity index is 578. The van der Waals surface area contributed by atoms with Gasteiger partial charge in [-0.1, -0.05) is 32.0 Å². The first-order valence-electron chi connectivity index (χ1n) is 10.5. The molecule has 1 aromatic rings. The van der Waals surface area contributed by atoms with E-state index < -0.39 is 0 Å². The molecule has 0 bridgehead atoms. The lowest BCUT2D eigenvalue weighted by molar-refractivity contribution is 0.0376. The maximum Gasteiger partial charge on any atom is 0.188 e. The number of nitrogens with zero attached hydrogens (tertiary/aromatic N) is 3. The van der Waals surface area contributed by atoms with Crippen LogP contribution in [-0.2, 0) is 11.3 Å². The lowest BCUT2D eigenvalue weighted by atomic mass is 10.2. The summed E-state index contributed by atoms with van der Waals surface area (Å²) < 4.78 is 11.3. The van der Waals surface area contributed by atoms with Gasteiger partial charge in [0.1, 0.15) is 12.4 Å². The van der Waals surface area contributed by atoms with Gasteiger partial charge in [0.05, 0.1) is 19.8 Å². The molecular weight excluding hydrogens is 481 g/mol. The minimum absolute atomic E-state index is 0. The van der Waals surface area contributed by atoms with Crippen LogP contribution in [-0.4, -0.2) is 81.4 Å². The molecule has 1 aromatic carbocycles. The van der Waals surface area contributed by atoms with Gasteiger partial charge in [0.2, 0.25) is 0 Å². The summed E-state index contributed by atoms with van der Waals surface area (Å²) in [6.07, 6.45) is 1.04. The van der Waals surface area contributed by atoms with Crippen molar-refractivity contribution < 1.29 is 9.47 Å². The monoisotopic (exact) mass is 519 g/mol. The number of hydrogen-bond acceptors (Lipinski definition) is 5. The number of guanidine groups is 1. The van der Waals surface area contributed by atoms with Gasteiger partial charge in [-0.15, -0.1) is 24.0 Å². The van der Waals surface area contributed by atoms with E-state index >= 15 is 0 Å². The number of rotatable bonds is 12. The maximum absolute atomic E-state index is 6.02. The van der Waals surface area contributed by atoms with Crippen molar-refractivity contribution in [3.63, 3.8) is 0 Å². The van der Waals surface area contributed by atoms with Gasteiger partial charge in [0.25, 0.3) is 0 Å². The summed E-state index contributed by atoms with van der Waals surface area (Å²) in [4.78, 5) is 9.24. The summed E-state index contributed by atoms with van der Waals surface area (Å²) >= 11 is 0. The highest BCUT2D eigenvalue weighted by atomic mass is 127. The van der Waals surface area contributed by atoms with E-state index in [4.69, 9.17) is 15.2 Å². The minimum atomic E-state index is 0. The number of ether oxygens (including phenoxy) is 2. The van der Waals surface area contributed by atoms with Gasteiger partial charge >= 0.3 is 0 Å². The molecule has 166 valence electrons. The highest BCUT2D eigenvalue weighted by molar-refractivity contribution is 14.0. The number of aliphatic imine (C=N–C) groups is 1. The van der Waals surface area contributed by atoms with Crippen molar-refractivity contribution in [1.29, 1.82) is 0 Å². The van der Waals surface area contributed by atoms with Gasteiger partial charge in [-0.2, -0.15) is 0 Å². The van der Waals surface area contributed by atoms with Crippen molar-refractivity contribution in [1.82, 2.24) is 15.1 Å². The highest BCUT2D eigenvalue weighted by Gasteiger charge is 2.09. The standard InChI is InChI=1S/C21H37N5O2.HI/c1-3-25(4-2)14-17-28-20-9-6-5-8-19(20)18-24-21(22)23-10-7-11-26-12-15-27-16-13-26;/h5-6,8-9H,3-4,7,10-18H2,1-2H3,(H3,22,23,24);1H. The van der Waals surface area contributed by atoms with Gasteiger partial charge in [-0.3, -0.25) is 4.90 Å². The first-order chi connectivity index (χ1) is 13.7. The van der Waals surface area contributed by atoms with E-state index in [1.54, 1.807) is 0 Å². The summed E-state index contributed by atoms with van der Waals surface area (Å²) in [7, 11) is 0. The second kappa shape index (κ2) is 15.7. The van der Waals surface area contributed by atoms with Crippen LogP contribution in [0.3, 0.4) is 0 Å². The van der Waals surface area contributed by atoms with Gasteiger partial charge in [-0.05, 0) is 32.1 Å². The van der Waals surface area contributed by atoms with E-state index in [9.17, 15) is 0 Å². The van der Waals surface area contributed by atoms with E-state index in [2.05, 4.69) is 34.0 Å². The van der Waals surface area contributed by atoms with Gasteiger partial charge in [0.15, 0.2) is 5.96 Å². The average Bonchev–Trinajstić information content (AvgIpc) is 2.74. The normalized spacial score (nSPS) is 15.2. The van der Waals surface area contributed by atoms with E-state index in [-0.39, 0.29) is 24.0 Å². The van der Waals surface area contributed by atoms with Crippen LogP contribution in [0.1, 0.15) is 25.8 Å². The zero-order valence-electron chi connectivity index (χ0n) is 17.9. The number of nitrogens with two attached hydrogens (primary N) is 1. The highest BCUT2D eigenvalue weighted by Crippen LogP contribution is 2.18. The van der Waals surface area contributed by atoms with Crippen molar-refractivity contribution >= 4 is 29.9 Å². The molecule has 1 aliphatic rings. The zero-order valence-corrected chi connectivity index (χ0v) is 20.3. The van der Waals surface area contributed by atoms with E-state index in [1.807, 2.05) is 24.3 Å². The van der Waals surface area contributed by atoms with Crippen LogP contribution in [0.2, 0.25) is 0 Å². The number of benzene rings is 1. The predicted octanol–water partition coefficient (Wildman–Crippen LogP) is 2.15. The van der Waals surface area contributed by atoms with Crippen LogP contribution >= 0.6 is 24.0 Å². The van der Waals surface area contributed by atoms with Crippen LogP contribution in [0.5, 0.6) is 5.75 Å². The Morgan fingerprint density at radius 1 is 1.24 bits per heavy atom. The first-order valence-corrected chi connectivity index (χ1v) is 10.5. The summed E-state index contributed by atoms with van der Waals surface area (Å²) in [5.74, 6) is 1.37. The largest absolute Gasteiger partial charge is 0.492 e. The summed E-state index contributed by atoms with van der Waals surface area (Å²) in [6, 6.07) is 8.04. The van der Waals surface area contributed by atoms with Crippen LogP contribution < -0.4 is 15.8 Å². The van der Waals surface area contributed by atoms with Gasteiger partial charge in [-0.25, -0.2) is 4.99 Å². The molecule has 1 aliphatic heterocycles. The fourth-order valence-electron chi connectivity index (χ4n) is 3.17. The Kier molecular flexibility index (Phi) is 14.0.